The summed E-state index contributed by atoms with van der Waals surface area (Å²) in [7, 11) is 2.05. The fraction of sp³-hybridized carbons (Fsp3) is 0.162. The molecule has 3 N–H and O–H groups in total. The fourth-order valence-corrected chi connectivity index (χ4v) is 7.01. The smallest absolute Gasteiger partial charge is 0.409 e. The molecular formula is C37H31N5O2. The van der Waals surface area contributed by atoms with Gasteiger partial charge in [0.2, 0.25) is 0 Å². The van der Waals surface area contributed by atoms with E-state index in [-0.39, 0.29) is 5.92 Å². The number of carbonyl (C=O) groups is 1. The summed E-state index contributed by atoms with van der Waals surface area (Å²) in [4.78, 5) is 26.8. The van der Waals surface area contributed by atoms with Crippen LogP contribution >= 0.6 is 0 Å². The number of anilines is 2. The zero-order valence-electron chi connectivity index (χ0n) is 24.3. The quantitative estimate of drug-likeness (QED) is 0.191. The summed E-state index contributed by atoms with van der Waals surface area (Å²) in [5.41, 5.74) is 9.72. The Labute approximate surface area is 254 Å². The maximum absolute atomic E-state index is 11.3. The predicted octanol–water partition coefficient (Wildman–Crippen LogP) is 8.43. The molecule has 7 heteroatoms. The number of amides is 1. The number of fused-ring (bicyclic) bond motifs is 6. The first kappa shape index (κ1) is 26.2. The lowest BCUT2D eigenvalue weighted by Crippen LogP contribution is -2.22. The van der Waals surface area contributed by atoms with Gasteiger partial charge in [-0.15, -0.1) is 0 Å². The summed E-state index contributed by atoms with van der Waals surface area (Å²) in [5, 5.41) is 15.5. The molecule has 4 aromatic carbocycles. The molecule has 1 atom stereocenters. The topological polar surface area (TPSA) is 94.1 Å². The van der Waals surface area contributed by atoms with E-state index in [1.165, 1.54) is 38.6 Å². The van der Waals surface area contributed by atoms with Gasteiger partial charge in [0.1, 0.15) is 17.2 Å². The number of carboxylic acid groups (broad SMARTS) is 1. The Morgan fingerprint density at radius 3 is 2.70 bits per heavy atom. The highest BCUT2D eigenvalue weighted by atomic mass is 16.4. The highest BCUT2D eigenvalue weighted by Gasteiger charge is 2.27. The van der Waals surface area contributed by atoms with Crippen LogP contribution < -0.4 is 10.2 Å². The molecule has 0 saturated carbocycles. The van der Waals surface area contributed by atoms with Crippen molar-refractivity contribution in [3.8, 4) is 0 Å². The van der Waals surface area contributed by atoms with Crippen molar-refractivity contribution in [1.29, 1.82) is 0 Å². The molecule has 0 saturated heterocycles. The van der Waals surface area contributed by atoms with Crippen LogP contribution in [-0.4, -0.2) is 33.2 Å². The molecule has 6 aromatic rings. The second-order valence-electron chi connectivity index (χ2n) is 11.8. The molecule has 1 amide bonds. The molecule has 216 valence electrons. The summed E-state index contributed by atoms with van der Waals surface area (Å²) < 4.78 is 0. The van der Waals surface area contributed by atoms with Crippen molar-refractivity contribution in [3.05, 3.63) is 125 Å². The van der Waals surface area contributed by atoms with Crippen LogP contribution in [0.5, 0.6) is 0 Å². The van der Waals surface area contributed by atoms with Crippen LogP contribution in [0.4, 0.5) is 16.3 Å². The maximum atomic E-state index is 11.3. The predicted molar refractivity (Wildman–Crippen MR) is 177 cm³/mol. The van der Waals surface area contributed by atoms with Crippen molar-refractivity contribution in [3.63, 3.8) is 0 Å². The van der Waals surface area contributed by atoms with Gasteiger partial charge in [0.15, 0.2) is 0 Å². The maximum Gasteiger partial charge on any atom is 0.409 e. The van der Waals surface area contributed by atoms with Gasteiger partial charge in [-0.2, -0.15) is 0 Å². The third kappa shape index (κ3) is 4.48. The van der Waals surface area contributed by atoms with Crippen LogP contribution in [0, 0.1) is 0 Å². The minimum atomic E-state index is -1.11. The molecule has 44 heavy (non-hydrogen) atoms. The minimum absolute atomic E-state index is 0.201. The van der Waals surface area contributed by atoms with Gasteiger partial charge in [0.25, 0.3) is 0 Å². The van der Waals surface area contributed by atoms with Crippen LogP contribution in [0.15, 0.2) is 103 Å². The van der Waals surface area contributed by atoms with Gasteiger partial charge in [0.05, 0.1) is 23.3 Å². The van der Waals surface area contributed by atoms with Gasteiger partial charge < -0.3 is 15.0 Å². The number of para-hydroxylation sites is 2. The van der Waals surface area contributed by atoms with E-state index in [9.17, 15) is 9.90 Å². The monoisotopic (exact) mass is 577 g/mol. The first-order chi connectivity index (χ1) is 21.5. The molecule has 2 aromatic heterocycles. The Bertz CT molecular complexity index is 2180. The largest absolute Gasteiger partial charge is 0.465 e. The number of aryl methyl sites for hydroxylation is 1. The van der Waals surface area contributed by atoms with Crippen molar-refractivity contribution in [1.82, 2.24) is 15.0 Å². The molecular weight excluding hydrogens is 546 g/mol. The molecule has 8 rings (SSSR count). The van der Waals surface area contributed by atoms with Crippen molar-refractivity contribution in [2.45, 2.75) is 31.7 Å². The fourth-order valence-electron chi connectivity index (χ4n) is 7.01. The molecule has 1 unspecified atom stereocenters. The molecule has 0 spiro atoms. The molecule has 2 heterocycles. The lowest BCUT2D eigenvalue weighted by Gasteiger charge is -2.31. The zero-order valence-corrected chi connectivity index (χ0v) is 24.3. The highest BCUT2D eigenvalue weighted by molar-refractivity contribution is 5.96. The number of allylic oxidation sites excluding steroid dienone is 4. The number of aromatic amines is 1. The van der Waals surface area contributed by atoms with E-state index >= 15 is 0 Å². The van der Waals surface area contributed by atoms with E-state index < -0.39 is 6.09 Å². The van der Waals surface area contributed by atoms with Crippen LogP contribution in [0.3, 0.4) is 0 Å². The van der Waals surface area contributed by atoms with Gasteiger partial charge in [-0.25, -0.2) is 14.8 Å². The molecule has 2 aliphatic rings. The average molecular weight is 578 g/mol. The summed E-state index contributed by atoms with van der Waals surface area (Å²) in [6.07, 6.45) is 6.67. The van der Waals surface area contributed by atoms with E-state index in [0.717, 1.165) is 47.3 Å². The van der Waals surface area contributed by atoms with E-state index in [4.69, 9.17) is 9.97 Å². The molecule has 0 radical (unpaired) electrons. The van der Waals surface area contributed by atoms with Crippen molar-refractivity contribution in [2.24, 2.45) is 0 Å². The molecule has 0 aliphatic heterocycles. The lowest BCUT2D eigenvalue weighted by molar-refractivity contribution is 0.210. The third-order valence-corrected chi connectivity index (χ3v) is 9.03. The van der Waals surface area contributed by atoms with Crippen molar-refractivity contribution in [2.75, 3.05) is 17.3 Å². The summed E-state index contributed by atoms with van der Waals surface area (Å²) in [6, 6.07) is 29.3. The van der Waals surface area contributed by atoms with Gasteiger partial charge >= 0.3 is 6.09 Å². The van der Waals surface area contributed by atoms with E-state index in [2.05, 4.69) is 88.0 Å². The van der Waals surface area contributed by atoms with E-state index in [0.29, 0.717) is 17.7 Å². The normalized spacial score (nSPS) is 15.9. The Morgan fingerprint density at radius 2 is 1.82 bits per heavy atom. The van der Waals surface area contributed by atoms with Gasteiger partial charge in [-0.05, 0) is 71.0 Å². The Morgan fingerprint density at radius 1 is 0.977 bits per heavy atom. The number of benzene rings is 4. The third-order valence-electron chi connectivity index (χ3n) is 9.03. The van der Waals surface area contributed by atoms with Crippen LogP contribution in [0.1, 0.15) is 41.3 Å². The first-order valence-corrected chi connectivity index (χ1v) is 15.0. The van der Waals surface area contributed by atoms with Crippen LogP contribution in [0.2, 0.25) is 0 Å². The Hall–Kier alpha value is -5.43. The first-order valence-electron chi connectivity index (χ1n) is 15.0. The van der Waals surface area contributed by atoms with Crippen LogP contribution in [-0.2, 0) is 13.0 Å². The average Bonchev–Trinajstić information content (AvgIpc) is 3.46. The number of imidazole rings is 1. The summed E-state index contributed by atoms with van der Waals surface area (Å²) in [6.45, 7) is 0.490. The van der Waals surface area contributed by atoms with Gasteiger partial charge in [-0.3, -0.25) is 5.32 Å². The summed E-state index contributed by atoms with van der Waals surface area (Å²) >= 11 is 0. The number of hydrogen-bond donors (Lipinski definition) is 3. The number of rotatable bonds is 5. The number of nitrogens with zero attached hydrogens (tertiary/aromatic N) is 3. The van der Waals surface area contributed by atoms with Gasteiger partial charge in [0, 0.05) is 23.9 Å². The lowest BCUT2D eigenvalue weighted by atomic mass is 9.75. The number of nitrogens with one attached hydrogen (secondary N) is 2. The molecule has 0 bridgehead atoms. The molecule has 7 nitrogen and oxygen atoms in total. The number of H-pyrrole nitrogens is 1. The van der Waals surface area contributed by atoms with Crippen molar-refractivity contribution < 1.29 is 9.90 Å². The second kappa shape index (κ2) is 10.4. The van der Waals surface area contributed by atoms with Crippen molar-refractivity contribution >= 4 is 55.9 Å². The van der Waals surface area contributed by atoms with Crippen LogP contribution in [0.25, 0.3) is 38.3 Å². The number of hydrogen-bond acceptors (Lipinski definition) is 4. The molecule has 2 aliphatic carbocycles. The number of pyridine rings is 1. The highest BCUT2D eigenvalue weighted by Crippen LogP contribution is 2.45. The summed E-state index contributed by atoms with van der Waals surface area (Å²) in [5.74, 6) is 1.87. The van der Waals surface area contributed by atoms with E-state index in [1.807, 2.05) is 25.2 Å². The van der Waals surface area contributed by atoms with Gasteiger partial charge in [-0.1, -0.05) is 78.4 Å². The Balaban J connectivity index is 1.15. The Kier molecular flexibility index (Phi) is 6.19. The van der Waals surface area contributed by atoms with E-state index in [1.54, 1.807) is 6.07 Å². The SMILES string of the molecule is CN(Cc1nc2c(NC(=O)O)cccc2[nH]1)c1nc2ccccc2cc1C1C=CC2=C(CCc3c2ccc2ccccc32)C1. The second-order valence-corrected chi connectivity index (χ2v) is 11.8. The number of aromatic nitrogens is 3. The molecule has 0 fully saturated rings. The zero-order chi connectivity index (χ0) is 29.8. The standard InChI is InChI=1S/C37H31N5O2/c1-42(21-34-38-32-11-6-12-33(35(32)41-34)40-37(43)44)36-30(20-25-8-3-5-10-31(25)39-36)24-14-16-27-23(19-24)15-18-28-26-9-4-2-7-22(26)13-17-29(27)28/h2-14,16-17,20,24,40H,15,18-19,21H2,1H3,(H,38,41)(H,43,44). The minimum Gasteiger partial charge on any atom is -0.465 e.